The molecule has 3 aromatic rings. The average molecular weight is 621 g/mol. The number of hydrogen-bond donors (Lipinski definition) is 0. The van der Waals surface area contributed by atoms with Gasteiger partial charge in [0.25, 0.3) is 0 Å². The summed E-state index contributed by atoms with van der Waals surface area (Å²) in [5.41, 5.74) is 14.0. The van der Waals surface area contributed by atoms with Crippen LogP contribution in [0.15, 0.2) is 28.2 Å². The molecular weight excluding hydrogens is 588 g/mol. The Hall–Kier alpha value is -1.39. The first-order chi connectivity index (χ1) is 17.3. The average Bonchev–Trinajstić information content (AvgIpc) is 2.89. The summed E-state index contributed by atoms with van der Waals surface area (Å²) in [5, 5.41) is 1.40. The van der Waals surface area contributed by atoms with E-state index in [2.05, 4.69) is 41.5 Å². The van der Waals surface area contributed by atoms with Crippen molar-refractivity contribution in [3.05, 3.63) is 84.1 Å². The van der Waals surface area contributed by atoms with Crippen LogP contribution >= 0.6 is 43.4 Å². The summed E-state index contributed by atoms with van der Waals surface area (Å²) in [4.78, 5) is 14.7. The van der Waals surface area contributed by atoms with Crippen LogP contribution in [0.4, 0.5) is 11.4 Å². The maximum absolute atomic E-state index is 6.69. The summed E-state index contributed by atoms with van der Waals surface area (Å²) in [5.74, 6) is 0. The van der Waals surface area contributed by atoms with Gasteiger partial charge in [-0.1, -0.05) is 29.3 Å². The third kappa shape index (κ3) is 6.98. The molecule has 0 fully saturated rings. The van der Waals surface area contributed by atoms with Crippen LogP contribution in [0.3, 0.4) is 0 Å². The zero-order valence-corrected chi connectivity index (χ0v) is 27.1. The summed E-state index contributed by atoms with van der Waals surface area (Å²) >= 11 is 13.6. The van der Waals surface area contributed by atoms with E-state index in [9.17, 15) is 0 Å². The fraction of sp³-hybridized carbons (Fsp3) is 0.345. The van der Waals surface area contributed by atoms with Crippen LogP contribution in [0.5, 0.6) is 0 Å². The fourth-order valence-corrected chi connectivity index (χ4v) is 4.70. The molecule has 1 aromatic heterocycles. The molecule has 0 aliphatic heterocycles. The molecule has 0 atom stereocenters. The number of pyridine rings is 1. The molecule has 1 heterocycles. The van der Waals surface area contributed by atoms with Crippen LogP contribution in [0.2, 0.25) is 10.0 Å². The molecule has 0 spiro atoms. The molecule has 2 aromatic carbocycles. The van der Waals surface area contributed by atoms with Crippen LogP contribution in [-0.4, -0.2) is 16.4 Å². The molecule has 0 aliphatic rings. The standard InChI is InChI=1S/C29H33Cl2N3.2ClH.Fe/c1-14-16(3)20(7)28(26(30)18(14)5)32-22(9)24-12-11-13-25(34-24)23(10)33-29-21(8)17(4)15(2)19(6)27(29)31;;;/h11-13H,1-10H3;2*1H;/q;;;+2/p-2. The van der Waals surface area contributed by atoms with E-state index in [-0.39, 0.29) is 13.1 Å². The third-order valence-electron chi connectivity index (χ3n) is 7.21. The minimum atomic E-state index is 0.194. The van der Waals surface area contributed by atoms with Crippen LogP contribution in [0.1, 0.15) is 69.7 Å². The normalized spacial score (nSPS) is 12.1. The molecule has 0 saturated heterocycles. The van der Waals surface area contributed by atoms with Gasteiger partial charge in [0, 0.05) is 0 Å². The van der Waals surface area contributed by atoms with Gasteiger partial charge >= 0.3 is 33.3 Å². The first-order valence-corrected chi connectivity index (χ1v) is 15.5. The number of rotatable bonds is 4. The summed E-state index contributed by atoms with van der Waals surface area (Å²) in [6.07, 6.45) is 0. The Morgan fingerprint density at radius 3 is 1.22 bits per heavy atom. The van der Waals surface area contributed by atoms with E-state index in [1.165, 1.54) is 22.3 Å². The molecule has 37 heavy (non-hydrogen) atoms. The number of aliphatic imine (C=N–C) groups is 2. The SMILES string of the molecule is CC(=Nc1c(C)c(C)c(C)c(C)c1Cl)c1cccc(C(C)=Nc2c(C)c(C)c(C)c(C)c2Cl)n1.[Cl][Fe][Cl]. The van der Waals surface area contributed by atoms with Gasteiger partial charge in [0.05, 0.1) is 44.2 Å². The Kier molecular flexibility index (Phi) is 11.7. The van der Waals surface area contributed by atoms with Gasteiger partial charge < -0.3 is 0 Å². The third-order valence-corrected chi connectivity index (χ3v) is 8.13. The van der Waals surface area contributed by atoms with Gasteiger partial charge in [-0.3, -0.25) is 0 Å². The van der Waals surface area contributed by atoms with Gasteiger partial charge in [0.2, 0.25) is 0 Å². The monoisotopic (exact) mass is 619 g/mol. The van der Waals surface area contributed by atoms with Crippen molar-refractivity contribution in [2.24, 2.45) is 9.98 Å². The Labute approximate surface area is 246 Å². The van der Waals surface area contributed by atoms with E-state index in [0.29, 0.717) is 10.0 Å². The quantitative estimate of drug-likeness (QED) is 0.211. The van der Waals surface area contributed by atoms with Gasteiger partial charge in [-0.05, 0) is 126 Å². The van der Waals surface area contributed by atoms with Gasteiger partial charge in [0.1, 0.15) is 0 Å². The van der Waals surface area contributed by atoms with Crippen LogP contribution in [-0.2, 0) is 13.1 Å². The van der Waals surface area contributed by atoms with E-state index in [1.807, 2.05) is 45.9 Å². The van der Waals surface area contributed by atoms with Crippen molar-refractivity contribution < 1.29 is 13.1 Å². The summed E-state index contributed by atoms with van der Waals surface area (Å²) < 4.78 is 0. The predicted molar refractivity (Wildman–Crippen MR) is 160 cm³/mol. The second kappa shape index (κ2) is 13.6. The second-order valence-corrected chi connectivity index (χ2v) is 11.8. The zero-order valence-electron chi connectivity index (χ0n) is 22.9. The van der Waals surface area contributed by atoms with Gasteiger partial charge in [-0.25, -0.2) is 15.0 Å². The van der Waals surface area contributed by atoms with E-state index < -0.39 is 0 Å². The maximum atomic E-state index is 6.69. The van der Waals surface area contributed by atoms with E-state index in [4.69, 9.17) is 58.4 Å². The minimum absolute atomic E-state index is 0.194. The molecule has 0 saturated carbocycles. The van der Waals surface area contributed by atoms with Crippen LogP contribution < -0.4 is 0 Å². The number of halogens is 4. The Morgan fingerprint density at radius 2 is 0.892 bits per heavy atom. The molecule has 8 heteroatoms. The first kappa shape index (κ1) is 31.8. The van der Waals surface area contributed by atoms with Crippen LogP contribution in [0, 0.1) is 55.4 Å². The summed E-state index contributed by atoms with van der Waals surface area (Å²) in [6, 6.07) is 5.91. The predicted octanol–water partition coefficient (Wildman–Crippen LogP) is 10.5. The molecule has 0 amide bonds. The Morgan fingerprint density at radius 1 is 0.595 bits per heavy atom. The van der Waals surface area contributed by atoms with Crippen LogP contribution in [0.25, 0.3) is 0 Å². The summed E-state index contributed by atoms with van der Waals surface area (Å²) in [7, 11) is 9.53. The van der Waals surface area contributed by atoms with Gasteiger partial charge in [-0.2, -0.15) is 0 Å². The molecule has 0 N–H and O–H groups in total. The molecule has 0 bridgehead atoms. The number of benzene rings is 2. The van der Waals surface area contributed by atoms with Crippen molar-refractivity contribution in [1.29, 1.82) is 0 Å². The molecule has 3 rings (SSSR count). The van der Waals surface area contributed by atoms with Crippen molar-refractivity contribution >= 4 is 66.2 Å². The fourth-order valence-electron chi connectivity index (χ4n) is 4.05. The van der Waals surface area contributed by atoms with Crippen molar-refractivity contribution in [3.8, 4) is 0 Å². The zero-order chi connectivity index (χ0) is 28.2. The Balaban J connectivity index is 0.00000153. The van der Waals surface area contributed by atoms with Gasteiger partial charge in [-0.15, -0.1) is 0 Å². The summed E-state index contributed by atoms with van der Waals surface area (Å²) in [6.45, 7) is 20.6. The topological polar surface area (TPSA) is 37.6 Å². The second-order valence-electron chi connectivity index (χ2n) is 9.18. The molecule has 0 aliphatic carbocycles. The first-order valence-electron chi connectivity index (χ1n) is 11.7. The molecule has 0 radical (unpaired) electrons. The van der Waals surface area contributed by atoms with Crippen molar-refractivity contribution in [2.75, 3.05) is 0 Å². The van der Waals surface area contributed by atoms with E-state index in [0.717, 1.165) is 56.4 Å². The molecule has 0 unspecified atom stereocenters. The van der Waals surface area contributed by atoms with Crippen molar-refractivity contribution in [2.45, 2.75) is 69.2 Å². The Bertz CT molecular complexity index is 1240. The number of nitrogens with zero attached hydrogens (tertiary/aromatic N) is 3. The number of aromatic nitrogens is 1. The van der Waals surface area contributed by atoms with E-state index >= 15 is 0 Å². The number of hydrogen-bond acceptors (Lipinski definition) is 3. The molecule has 200 valence electrons. The van der Waals surface area contributed by atoms with Gasteiger partial charge in [0.15, 0.2) is 0 Å². The van der Waals surface area contributed by atoms with Crippen molar-refractivity contribution in [1.82, 2.24) is 4.98 Å². The van der Waals surface area contributed by atoms with Crippen molar-refractivity contribution in [3.63, 3.8) is 0 Å². The van der Waals surface area contributed by atoms with E-state index in [1.54, 1.807) is 0 Å². The molecule has 3 nitrogen and oxygen atoms in total. The molecular formula is C29H33Cl4FeN3.